The van der Waals surface area contributed by atoms with Crippen molar-refractivity contribution in [1.82, 2.24) is 5.32 Å². The lowest BCUT2D eigenvalue weighted by Crippen LogP contribution is -2.36. The highest BCUT2D eigenvalue weighted by atomic mass is 16.6. The number of benzene rings is 2. The zero-order valence-electron chi connectivity index (χ0n) is 15.6. The molecule has 26 heavy (non-hydrogen) atoms. The van der Waals surface area contributed by atoms with Crippen molar-refractivity contribution in [3.8, 4) is 0 Å². The van der Waals surface area contributed by atoms with Gasteiger partial charge in [0.1, 0.15) is 5.69 Å². The molecule has 6 nitrogen and oxygen atoms in total. The fraction of sp³-hybridized carbons (Fsp3) is 0.350. The first-order chi connectivity index (χ1) is 12.2. The fourth-order valence-corrected chi connectivity index (χ4v) is 2.70. The Labute approximate surface area is 153 Å². The molecule has 2 N–H and O–H groups in total. The Balaban J connectivity index is 2.35. The Bertz CT molecular complexity index is 783. The molecule has 0 aromatic heterocycles. The Morgan fingerprint density at radius 1 is 1.15 bits per heavy atom. The number of anilines is 1. The molecule has 0 spiro atoms. The van der Waals surface area contributed by atoms with Crippen molar-refractivity contribution >= 4 is 17.3 Å². The first-order valence-corrected chi connectivity index (χ1v) is 8.53. The van der Waals surface area contributed by atoms with Crippen molar-refractivity contribution in [1.29, 1.82) is 0 Å². The van der Waals surface area contributed by atoms with E-state index < -0.39 is 4.92 Å². The lowest BCUT2D eigenvalue weighted by molar-refractivity contribution is -0.384. The zero-order chi connectivity index (χ0) is 19.3. The average molecular weight is 355 g/mol. The number of hydrogen-bond acceptors (Lipinski definition) is 4. The van der Waals surface area contributed by atoms with Crippen molar-refractivity contribution < 1.29 is 9.72 Å². The summed E-state index contributed by atoms with van der Waals surface area (Å²) in [5.41, 5.74) is 1.61. The average Bonchev–Trinajstić information content (AvgIpc) is 2.60. The number of carbonyl (C=O) groups excluding carboxylic acids is 1. The molecule has 1 atom stereocenters. The monoisotopic (exact) mass is 355 g/mol. The van der Waals surface area contributed by atoms with Crippen LogP contribution in [0.15, 0.2) is 48.5 Å². The molecule has 6 heteroatoms. The van der Waals surface area contributed by atoms with Gasteiger partial charge in [0, 0.05) is 24.7 Å². The van der Waals surface area contributed by atoms with Gasteiger partial charge in [-0.3, -0.25) is 14.9 Å². The Kier molecular flexibility index (Phi) is 5.97. The minimum Gasteiger partial charge on any atom is -0.376 e. The Hall–Kier alpha value is -2.89. The highest BCUT2D eigenvalue weighted by Gasteiger charge is 2.27. The van der Waals surface area contributed by atoms with Gasteiger partial charge < -0.3 is 10.6 Å². The van der Waals surface area contributed by atoms with E-state index in [0.717, 1.165) is 12.0 Å². The highest BCUT2D eigenvalue weighted by Crippen LogP contribution is 2.31. The quantitative estimate of drug-likeness (QED) is 0.605. The van der Waals surface area contributed by atoms with E-state index in [-0.39, 0.29) is 28.6 Å². The van der Waals surface area contributed by atoms with Crippen LogP contribution >= 0.6 is 0 Å². The molecule has 0 aliphatic carbocycles. The lowest BCUT2D eigenvalue weighted by Gasteiger charge is -2.32. The molecule has 0 saturated heterocycles. The molecular weight excluding hydrogens is 330 g/mol. The first-order valence-electron chi connectivity index (χ1n) is 8.53. The Morgan fingerprint density at radius 3 is 2.35 bits per heavy atom. The number of carbonyl (C=O) groups is 1. The number of nitro benzene ring substituents is 1. The molecule has 0 aliphatic rings. The predicted molar refractivity (Wildman–Crippen MR) is 103 cm³/mol. The summed E-state index contributed by atoms with van der Waals surface area (Å²) in [4.78, 5) is 22.8. The second-order valence-corrected chi connectivity index (χ2v) is 7.32. The molecule has 2 rings (SSSR count). The summed E-state index contributed by atoms with van der Waals surface area (Å²) in [7, 11) is 1.50. The van der Waals surface area contributed by atoms with Gasteiger partial charge in [0.2, 0.25) is 0 Å². The normalized spacial score (nSPS) is 12.3. The van der Waals surface area contributed by atoms with Crippen LogP contribution in [0.3, 0.4) is 0 Å². The number of amides is 1. The molecule has 0 bridgehead atoms. The van der Waals surface area contributed by atoms with E-state index in [0.29, 0.717) is 5.69 Å². The smallest absolute Gasteiger partial charge is 0.293 e. The van der Waals surface area contributed by atoms with Crippen molar-refractivity contribution in [3.63, 3.8) is 0 Å². The molecular formula is C20H25N3O3. The minimum atomic E-state index is -0.461. The fourth-order valence-electron chi connectivity index (χ4n) is 2.70. The summed E-state index contributed by atoms with van der Waals surface area (Å²) in [6.45, 7) is 6.29. The van der Waals surface area contributed by atoms with Crippen LogP contribution in [0.1, 0.15) is 36.7 Å². The number of hydrogen-bond donors (Lipinski definition) is 2. The van der Waals surface area contributed by atoms with Crippen LogP contribution in [0.2, 0.25) is 0 Å². The summed E-state index contributed by atoms with van der Waals surface area (Å²) in [5.74, 6) is -0.351. The van der Waals surface area contributed by atoms with Crippen LogP contribution in [0.25, 0.3) is 0 Å². The van der Waals surface area contributed by atoms with Crippen molar-refractivity contribution in [2.75, 3.05) is 12.4 Å². The standard InChI is InChI=1S/C20H25N3O3/c1-20(2,3)18(12-14-8-6-5-7-9-14)22-16-11-10-15(19(24)21-4)13-17(16)23(25)26/h5-11,13,18,22H,12H2,1-4H3,(H,21,24)/t18-/m1/s1. The summed E-state index contributed by atoms with van der Waals surface area (Å²) >= 11 is 0. The van der Waals surface area contributed by atoms with Crippen molar-refractivity contribution in [2.45, 2.75) is 33.2 Å². The molecule has 0 saturated carbocycles. The third-order valence-corrected chi connectivity index (χ3v) is 4.34. The number of rotatable bonds is 6. The van der Waals surface area contributed by atoms with Gasteiger partial charge in [0.15, 0.2) is 0 Å². The molecule has 2 aromatic carbocycles. The highest BCUT2D eigenvalue weighted by molar-refractivity contribution is 5.95. The molecule has 0 heterocycles. The van der Waals surface area contributed by atoms with Gasteiger partial charge in [-0.05, 0) is 29.5 Å². The SMILES string of the molecule is CNC(=O)c1ccc(N[C@H](Cc2ccccc2)C(C)(C)C)c([N+](=O)[O-])c1. The van der Waals surface area contributed by atoms with Crippen LogP contribution in [0.5, 0.6) is 0 Å². The van der Waals surface area contributed by atoms with Crippen molar-refractivity contribution in [3.05, 3.63) is 69.8 Å². The summed E-state index contributed by atoms with van der Waals surface area (Å²) in [6, 6.07) is 14.5. The maximum absolute atomic E-state index is 11.8. The second-order valence-electron chi connectivity index (χ2n) is 7.32. The summed E-state index contributed by atoms with van der Waals surface area (Å²) in [5, 5.41) is 17.3. The second kappa shape index (κ2) is 7.99. The van der Waals surface area contributed by atoms with Gasteiger partial charge in [0.25, 0.3) is 11.6 Å². The number of nitro groups is 1. The molecule has 0 unspecified atom stereocenters. The van der Waals surface area contributed by atoms with E-state index in [2.05, 4.69) is 31.4 Å². The molecule has 1 amide bonds. The maximum atomic E-state index is 11.8. The van der Waals surface area contributed by atoms with Gasteiger partial charge in [0.05, 0.1) is 4.92 Å². The van der Waals surface area contributed by atoms with E-state index in [4.69, 9.17) is 0 Å². The van der Waals surface area contributed by atoms with Gasteiger partial charge in [-0.1, -0.05) is 51.1 Å². The van der Waals surface area contributed by atoms with Gasteiger partial charge in [-0.25, -0.2) is 0 Å². The van der Waals surface area contributed by atoms with Crippen molar-refractivity contribution in [2.24, 2.45) is 5.41 Å². The third-order valence-electron chi connectivity index (χ3n) is 4.34. The summed E-state index contributed by atoms with van der Waals surface area (Å²) in [6.07, 6.45) is 0.735. The van der Waals surface area contributed by atoms with Gasteiger partial charge >= 0.3 is 0 Å². The summed E-state index contributed by atoms with van der Waals surface area (Å²) < 4.78 is 0. The molecule has 138 valence electrons. The van der Waals surface area contributed by atoms with Crippen LogP contribution in [0.4, 0.5) is 11.4 Å². The molecule has 0 fully saturated rings. The molecule has 0 radical (unpaired) electrons. The van der Waals surface area contributed by atoms with Gasteiger partial charge in [-0.2, -0.15) is 0 Å². The van der Waals surface area contributed by atoms with Crippen LogP contribution < -0.4 is 10.6 Å². The minimum absolute atomic E-state index is 0.0190. The van der Waals surface area contributed by atoms with Crippen LogP contribution in [0, 0.1) is 15.5 Å². The van der Waals surface area contributed by atoms with E-state index in [1.54, 1.807) is 12.1 Å². The van der Waals surface area contributed by atoms with Crippen LogP contribution in [-0.4, -0.2) is 23.9 Å². The van der Waals surface area contributed by atoms with E-state index >= 15 is 0 Å². The number of nitrogens with zero attached hydrogens (tertiary/aromatic N) is 1. The predicted octanol–water partition coefficient (Wildman–Crippen LogP) is 4.02. The molecule has 0 aliphatic heterocycles. The largest absolute Gasteiger partial charge is 0.376 e. The van der Waals surface area contributed by atoms with Gasteiger partial charge in [-0.15, -0.1) is 0 Å². The first kappa shape index (κ1) is 19.4. The topological polar surface area (TPSA) is 84.3 Å². The van der Waals surface area contributed by atoms with E-state index in [1.165, 1.54) is 13.1 Å². The Morgan fingerprint density at radius 2 is 1.81 bits per heavy atom. The number of nitrogens with one attached hydrogen (secondary N) is 2. The van der Waals surface area contributed by atoms with Crippen LogP contribution in [-0.2, 0) is 6.42 Å². The zero-order valence-corrected chi connectivity index (χ0v) is 15.6. The lowest BCUT2D eigenvalue weighted by atomic mass is 9.82. The van der Waals surface area contributed by atoms with E-state index in [9.17, 15) is 14.9 Å². The van der Waals surface area contributed by atoms with E-state index in [1.807, 2.05) is 30.3 Å². The maximum Gasteiger partial charge on any atom is 0.293 e. The molecule has 2 aromatic rings. The third kappa shape index (κ3) is 4.81.